The average Bonchev–Trinajstić information content (AvgIpc) is 2.75. The summed E-state index contributed by atoms with van der Waals surface area (Å²) in [6.07, 6.45) is 12.4. The lowest BCUT2D eigenvalue weighted by Gasteiger charge is -2.31. The zero-order valence-electron chi connectivity index (χ0n) is 17.8. The van der Waals surface area contributed by atoms with E-state index in [-0.39, 0.29) is 23.6 Å². The number of hydrogen-bond acceptors (Lipinski definition) is 3. The summed E-state index contributed by atoms with van der Waals surface area (Å²) >= 11 is 0. The third-order valence-corrected chi connectivity index (χ3v) is 5.70. The highest BCUT2D eigenvalue weighted by atomic mass is 19.1. The summed E-state index contributed by atoms with van der Waals surface area (Å²) in [7, 11) is 0. The second-order valence-electron chi connectivity index (χ2n) is 8.07. The van der Waals surface area contributed by atoms with Crippen molar-refractivity contribution in [1.29, 1.82) is 0 Å². The molecule has 0 atom stereocenters. The van der Waals surface area contributed by atoms with E-state index >= 15 is 0 Å². The first-order chi connectivity index (χ1) is 14.1. The van der Waals surface area contributed by atoms with Gasteiger partial charge in [-0.15, -0.1) is 0 Å². The highest BCUT2D eigenvalue weighted by Gasteiger charge is 2.28. The SMILES string of the molecule is CCCCCCCCCCCOC(=O)C1CCN(C(=O)c2ccc(F)cc2)CC1. The summed E-state index contributed by atoms with van der Waals surface area (Å²) in [5.74, 6) is -0.703. The van der Waals surface area contributed by atoms with Gasteiger partial charge >= 0.3 is 5.97 Å². The van der Waals surface area contributed by atoms with Crippen molar-refractivity contribution in [3.63, 3.8) is 0 Å². The van der Waals surface area contributed by atoms with Crippen LogP contribution >= 0.6 is 0 Å². The first-order valence-corrected chi connectivity index (χ1v) is 11.3. The number of hydrogen-bond donors (Lipinski definition) is 0. The highest BCUT2D eigenvalue weighted by Crippen LogP contribution is 2.21. The number of ether oxygens (including phenoxy) is 1. The Kier molecular flexibility index (Phi) is 10.7. The highest BCUT2D eigenvalue weighted by molar-refractivity contribution is 5.94. The molecule has 0 aromatic heterocycles. The van der Waals surface area contributed by atoms with Crippen LogP contribution < -0.4 is 0 Å². The number of likely N-dealkylation sites (tertiary alicyclic amines) is 1. The molecule has 0 bridgehead atoms. The minimum absolute atomic E-state index is 0.105. The van der Waals surface area contributed by atoms with Crippen LogP contribution in [0.25, 0.3) is 0 Å². The van der Waals surface area contributed by atoms with Gasteiger partial charge in [0.15, 0.2) is 0 Å². The van der Waals surface area contributed by atoms with Gasteiger partial charge in [-0.3, -0.25) is 9.59 Å². The molecule has 162 valence electrons. The Morgan fingerprint density at radius 2 is 1.48 bits per heavy atom. The van der Waals surface area contributed by atoms with Crippen molar-refractivity contribution >= 4 is 11.9 Å². The Balaban J connectivity index is 1.54. The van der Waals surface area contributed by atoms with Crippen LogP contribution in [0.2, 0.25) is 0 Å². The van der Waals surface area contributed by atoms with Gasteiger partial charge in [0, 0.05) is 18.7 Å². The number of benzene rings is 1. The molecule has 0 unspecified atom stereocenters. The summed E-state index contributed by atoms with van der Waals surface area (Å²) in [6, 6.07) is 5.60. The fraction of sp³-hybridized carbons (Fsp3) is 0.667. The number of unbranched alkanes of at least 4 members (excludes halogenated alkanes) is 8. The molecule has 0 radical (unpaired) electrons. The Morgan fingerprint density at radius 3 is 2.07 bits per heavy atom. The minimum Gasteiger partial charge on any atom is -0.465 e. The Bertz CT molecular complexity index is 609. The zero-order valence-corrected chi connectivity index (χ0v) is 17.8. The van der Waals surface area contributed by atoms with Crippen LogP contribution in [-0.4, -0.2) is 36.5 Å². The first-order valence-electron chi connectivity index (χ1n) is 11.3. The van der Waals surface area contributed by atoms with E-state index in [1.165, 1.54) is 69.2 Å². The Labute approximate surface area is 174 Å². The van der Waals surface area contributed by atoms with E-state index < -0.39 is 0 Å². The van der Waals surface area contributed by atoms with Crippen molar-refractivity contribution in [3.8, 4) is 0 Å². The van der Waals surface area contributed by atoms with Gasteiger partial charge in [-0.2, -0.15) is 0 Å². The van der Waals surface area contributed by atoms with E-state index in [9.17, 15) is 14.0 Å². The lowest BCUT2D eigenvalue weighted by atomic mass is 9.96. The molecule has 1 heterocycles. The van der Waals surface area contributed by atoms with Crippen molar-refractivity contribution in [3.05, 3.63) is 35.6 Å². The van der Waals surface area contributed by atoms with Gasteiger partial charge in [-0.1, -0.05) is 58.3 Å². The number of amides is 1. The number of nitrogens with zero attached hydrogens (tertiary/aromatic N) is 1. The quantitative estimate of drug-likeness (QED) is 0.328. The van der Waals surface area contributed by atoms with Gasteiger partial charge in [0.25, 0.3) is 5.91 Å². The second-order valence-corrected chi connectivity index (χ2v) is 8.07. The molecule has 5 heteroatoms. The molecule has 1 fully saturated rings. The van der Waals surface area contributed by atoms with E-state index in [2.05, 4.69) is 6.92 Å². The fourth-order valence-electron chi connectivity index (χ4n) is 3.80. The van der Waals surface area contributed by atoms with Gasteiger partial charge in [0.2, 0.25) is 0 Å². The molecule has 1 amide bonds. The summed E-state index contributed by atoms with van der Waals surface area (Å²) in [5, 5.41) is 0. The van der Waals surface area contributed by atoms with Gasteiger partial charge in [0.05, 0.1) is 12.5 Å². The van der Waals surface area contributed by atoms with Crippen molar-refractivity contribution < 1.29 is 18.7 Å². The molecule has 4 nitrogen and oxygen atoms in total. The molecule has 1 aromatic carbocycles. The van der Waals surface area contributed by atoms with Gasteiger partial charge in [-0.05, 0) is 43.5 Å². The van der Waals surface area contributed by atoms with Crippen molar-refractivity contribution in [2.45, 2.75) is 77.6 Å². The maximum Gasteiger partial charge on any atom is 0.309 e. The maximum absolute atomic E-state index is 13.0. The largest absolute Gasteiger partial charge is 0.465 e. The summed E-state index contributed by atoms with van der Waals surface area (Å²) in [5.41, 5.74) is 0.484. The molecule has 1 saturated heterocycles. The van der Waals surface area contributed by atoms with Crippen molar-refractivity contribution in [1.82, 2.24) is 4.90 Å². The summed E-state index contributed by atoms with van der Waals surface area (Å²) in [4.78, 5) is 26.4. The molecule has 29 heavy (non-hydrogen) atoms. The van der Waals surface area contributed by atoms with Crippen LogP contribution in [0.5, 0.6) is 0 Å². The lowest BCUT2D eigenvalue weighted by molar-refractivity contribution is -0.150. The molecule has 0 N–H and O–H groups in total. The number of piperidine rings is 1. The number of carbonyl (C=O) groups is 2. The zero-order chi connectivity index (χ0) is 20.9. The number of esters is 1. The Hall–Kier alpha value is -1.91. The van der Waals surface area contributed by atoms with Gasteiger partial charge in [0.1, 0.15) is 5.82 Å². The predicted octanol–water partition coefficient (Wildman–Crippen LogP) is 5.75. The van der Waals surface area contributed by atoms with Gasteiger partial charge < -0.3 is 9.64 Å². The molecule has 0 saturated carbocycles. The molecule has 1 aromatic rings. The normalized spacial score (nSPS) is 14.8. The average molecular weight is 406 g/mol. The Morgan fingerprint density at radius 1 is 0.931 bits per heavy atom. The summed E-state index contributed by atoms with van der Waals surface area (Å²) < 4.78 is 18.5. The summed E-state index contributed by atoms with van der Waals surface area (Å²) in [6.45, 7) is 3.81. The first kappa shape index (κ1) is 23.4. The van der Waals surface area contributed by atoms with Crippen LogP contribution in [0.15, 0.2) is 24.3 Å². The van der Waals surface area contributed by atoms with Crippen molar-refractivity contribution in [2.75, 3.05) is 19.7 Å². The van der Waals surface area contributed by atoms with E-state index in [0.717, 1.165) is 12.8 Å². The van der Waals surface area contributed by atoms with E-state index in [1.807, 2.05) is 0 Å². The molecule has 0 aliphatic carbocycles. The standard InChI is InChI=1S/C24H36FNO3/c1-2-3-4-5-6-7-8-9-10-19-29-24(28)21-15-17-26(18-16-21)23(27)20-11-13-22(25)14-12-20/h11-14,21H,2-10,15-19H2,1H3. The second kappa shape index (κ2) is 13.3. The smallest absolute Gasteiger partial charge is 0.309 e. The number of halogens is 1. The molecular formula is C24H36FNO3. The van der Waals surface area contributed by atoms with E-state index in [1.54, 1.807) is 4.90 Å². The number of carbonyl (C=O) groups excluding carboxylic acids is 2. The lowest BCUT2D eigenvalue weighted by Crippen LogP contribution is -2.40. The third-order valence-electron chi connectivity index (χ3n) is 5.70. The van der Waals surface area contributed by atoms with Crippen LogP contribution in [0, 0.1) is 11.7 Å². The van der Waals surface area contributed by atoms with Crippen LogP contribution in [0.3, 0.4) is 0 Å². The van der Waals surface area contributed by atoms with Crippen molar-refractivity contribution in [2.24, 2.45) is 5.92 Å². The fourth-order valence-corrected chi connectivity index (χ4v) is 3.80. The van der Waals surface area contributed by atoms with Crippen LogP contribution in [0.4, 0.5) is 4.39 Å². The van der Waals surface area contributed by atoms with E-state index in [4.69, 9.17) is 4.74 Å². The minimum atomic E-state index is -0.352. The monoisotopic (exact) mass is 405 g/mol. The third kappa shape index (κ3) is 8.55. The number of rotatable bonds is 12. The maximum atomic E-state index is 13.0. The molecule has 2 rings (SSSR count). The van der Waals surface area contributed by atoms with Crippen LogP contribution in [0.1, 0.15) is 87.9 Å². The predicted molar refractivity (Wildman–Crippen MR) is 113 cm³/mol. The van der Waals surface area contributed by atoms with E-state index in [0.29, 0.717) is 38.1 Å². The van der Waals surface area contributed by atoms with Crippen LogP contribution in [-0.2, 0) is 9.53 Å². The van der Waals surface area contributed by atoms with Gasteiger partial charge in [-0.25, -0.2) is 4.39 Å². The molecule has 1 aliphatic rings. The molecule has 1 aliphatic heterocycles. The molecule has 0 spiro atoms. The topological polar surface area (TPSA) is 46.6 Å². The molecular weight excluding hydrogens is 369 g/mol.